The minimum absolute atomic E-state index is 0.0987. The van der Waals surface area contributed by atoms with Crippen LogP contribution in [0.25, 0.3) is 0 Å². The summed E-state index contributed by atoms with van der Waals surface area (Å²) >= 11 is 0. The summed E-state index contributed by atoms with van der Waals surface area (Å²) in [6.45, 7) is 3.45. The van der Waals surface area contributed by atoms with E-state index in [1.54, 1.807) is 0 Å². The van der Waals surface area contributed by atoms with Gasteiger partial charge in [-0.15, -0.1) is 0 Å². The van der Waals surface area contributed by atoms with Crippen molar-refractivity contribution in [3.05, 3.63) is 35.9 Å². The summed E-state index contributed by atoms with van der Waals surface area (Å²) in [5.41, 5.74) is -0.198. The Morgan fingerprint density at radius 2 is 1.88 bits per heavy atom. The molecule has 0 saturated carbocycles. The van der Waals surface area contributed by atoms with Gasteiger partial charge in [0.1, 0.15) is 5.54 Å². The Hall–Kier alpha value is -2.41. The molecule has 0 unspecified atom stereocenters. The largest absolute Gasteiger partial charge is 0.469 e. The lowest BCUT2D eigenvalue weighted by molar-refractivity contribution is -0.147. The van der Waals surface area contributed by atoms with Gasteiger partial charge in [0.25, 0.3) is 5.91 Å². The number of imide groups is 1. The highest BCUT2D eigenvalue weighted by molar-refractivity contribution is 6.07. The standard InChI is InChI=1S/C19H25N3O4/c1-3-19(15-7-5-4-6-8-15)17(24)22(18(25)20-19)13-21-11-9-14(10-12-21)16(23)26-2/h4-8,14H,3,9-13H2,1-2H3,(H,20,25)/t19-/m1/s1. The van der Waals surface area contributed by atoms with Crippen LogP contribution < -0.4 is 5.32 Å². The third-order valence-electron chi connectivity index (χ3n) is 5.44. The number of likely N-dealkylation sites (tertiary alicyclic amines) is 1. The van der Waals surface area contributed by atoms with Gasteiger partial charge >= 0.3 is 12.0 Å². The van der Waals surface area contributed by atoms with Crippen molar-refractivity contribution in [1.29, 1.82) is 0 Å². The average molecular weight is 359 g/mol. The quantitative estimate of drug-likeness (QED) is 0.639. The fourth-order valence-electron chi connectivity index (χ4n) is 3.79. The predicted molar refractivity (Wildman–Crippen MR) is 95.0 cm³/mol. The smallest absolute Gasteiger partial charge is 0.326 e. The van der Waals surface area contributed by atoms with E-state index in [1.807, 2.05) is 42.2 Å². The molecule has 1 atom stereocenters. The summed E-state index contributed by atoms with van der Waals surface area (Å²) in [4.78, 5) is 40.6. The molecular formula is C19H25N3O4. The van der Waals surface area contributed by atoms with E-state index in [1.165, 1.54) is 12.0 Å². The molecular weight excluding hydrogens is 334 g/mol. The van der Waals surface area contributed by atoms with E-state index in [4.69, 9.17) is 4.74 Å². The van der Waals surface area contributed by atoms with Crippen LogP contribution in [0.4, 0.5) is 4.79 Å². The monoisotopic (exact) mass is 359 g/mol. The van der Waals surface area contributed by atoms with E-state index in [-0.39, 0.29) is 30.5 Å². The molecule has 2 aliphatic heterocycles. The highest BCUT2D eigenvalue weighted by atomic mass is 16.5. The summed E-state index contributed by atoms with van der Waals surface area (Å²) in [5.74, 6) is -0.501. The number of carbonyl (C=O) groups excluding carboxylic acids is 3. The van der Waals surface area contributed by atoms with Crippen LogP contribution in [0.5, 0.6) is 0 Å². The third-order valence-corrected chi connectivity index (χ3v) is 5.44. The number of carbonyl (C=O) groups is 3. The predicted octanol–water partition coefficient (Wildman–Crippen LogP) is 1.69. The van der Waals surface area contributed by atoms with E-state index in [2.05, 4.69) is 5.32 Å². The van der Waals surface area contributed by atoms with E-state index in [9.17, 15) is 14.4 Å². The minimum Gasteiger partial charge on any atom is -0.469 e. The normalized spacial score (nSPS) is 24.6. The first-order valence-corrected chi connectivity index (χ1v) is 9.01. The lowest BCUT2D eigenvalue weighted by Crippen LogP contribution is -2.47. The number of hydrogen-bond acceptors (Lipinski definition) is 5. The summed E-state index contributed by atoms with van der Waals surface area (Å²) in [6, 6.07) is 8.99. The third kappa shape index (κ3) is 3.19. The lowest BCUT2D eigenvalue weighted by atomic mass is 9.87. The molecule has 0 aliphatic carbocycles. The molecule has 3 rings (SSSR count). The van der Waals surface area contributed by atoms with Crippen molar-refractivity contribution >= 4 is 17.9 Å². The Morgan fingerprint density at radius 3 is 2.46 bits per heavy atom. The van der Waals surface area contributed by atoms with E-state index in [0.29, 0.717) is 32.4 Å². The van der Waals surface area contributed by atoms with Gasteiger partial charge in [0.05, 0.1) is 19.7 Å². The Balaban J connectivity index is 1.69. The number of piperidine rings is 1. The molecule has 3 amide bonds. The molecule has 2 fully saturated rings. The highest BCUT2D eigenvalue weighted by Gasteiger charge is 2.51. The summed E-state index contributed by atoms with van der Waals surface area (Å²) < 4.78 is 4.80. The van der Waals surface area contributed by atoms with Crippen molar-refractivity contribution < 1.29 is 19.1 Å². The van der Waals surface area contributed by atoms with Gasteiger partial charge in [-0.2, -0.15) is 0 Å². The maximum Gasteiger partial charge on any atom is 0.326 e. The number of nitrogens with one attached hydrogen (secondary N) is 1. The molecule has 7 heteroatoms. The van der Waals surface area contributed by atoms with Crippen molar-refractivity contribution in [2.75, 3.05) is 26.9 Å². The van der Waals surface area contributed by atoms with Crippen molar-refractivity contribution in [1.82, 2.24) is 15.1 Å². The number of amides is 3. The first kappa shape index (κ1) is 18.4. The van der Waals surface area contributed by atoms with Gasteiger partial charge in [0, 0.05) is 13.1 Å². The van der Waals surface area contributed by atoms with Crippen molar-refractivity contribution in [3.63, 3.8) is 0 Å². The van der Waals surface area contributed by atoms with E-state index < -0.39 is 5.54 Å². The molecule has 1 N–H and O–H groups in total. The molecule has 1 aromatic rings. The van der Waals surface area contributed by atoms with E-state index in [0.717, 1.165) is 5.56 Å². The molecule has 0 bridgehead atoms. The number of nitrogens with zero attached hydrogens (tertiary/aromatic N) is 2. The maximum absolute atomic E-state index is 13.1. The molecule has 2 heterocycles. The lowest BCUT2D eigenvalue weighted by Gasteiger charge is -2.33. The number of urea groups is 1. The van der Waals surface area contributed by atoms with Gasteiger partial charge in [0.15, 0.2) is 0 Å². The van der Waals surface area contributed by atoms with Gasteiger partial charge in [-0.25, -0.2) is 9.69 Å². The molecule has 0 spiro atoms. The number of ether oxygens (including phenoxy) is 1. The molecule has 0 aromatic heterocycles. The second kappa shape index (κ2) is 7.45. The van der Waals surface area contributed by atoms with Gasteiger partial charge in [-0.1, -0.05) is 37.3 Å². The first-order chi connectivity index (χ1) is 12.5. The van der Waals surface area contributed by atoms with Crippen LogP contribution in [0.3, 0.4) is 0 Å². The van der Waals surface area contributed by atoms with Crippen LogP contribution >= 0.6 is 0 Å². The van der Waals surface area contributed by atoms with Crippen molar-refractivity contribution in [2.45, 2.75) is 31.7 Å². The first-order valence-electron chi connectivity index (χ1n) is 9.01. The molecule has 2 aliphatic rings. The van der Waals surface area contributed by atoms with Crippen LogP contribution in [0.2, 0.25) is 0 Å². The van der Waals surface area contributed by atoms with Crippen molar-refractivity contribution in [2.24, 2.45) is 5.92 Å². The molecule has 2 saturated heterocycles. The zero-order valence-electron chi connectivity index (χ0n) is 15.2. The Labute approximate surface area is 153 Å². The topological polar surface area (TPSA) is 79.0 Å². The molecule has 26 heavy (non-hydrogen) atoms. The summed E-state index contributed by atoms with van der Waals surface area (Å²) in [5, 5.41) is 2.90. The number of esters is 1. The summed E-state index contributed by atoms with van der Waals surface area (Å²) in [6.07, 6.45) is 1.84. The van der Waals surface area contributed by atoms with Crippen LogP contribution in [0.15, 0.2) is 30.3 Å². The number of benzene rings is 1. The van der Waals surface area contributed by atoms with Crippen LogP contribution in [-0.4, -0.2) is 54.6 Å². The second-order valence-electron chi connectivity index (χ2n) is 6.85. The Morgan fingerprint density at radius 1 is 1.23 bits per heavy atom. The zero-order valence-corrected chi connectivity index (χ0v) is 15.2. The fourth-order valence-corrected chi connectivity index (χ4v) is 3.79. The molecule has 7 nitrogen and oxygen atoms in total. The number of rotatable bonds is 5. The van der Waals surface area contributed by atoms with E-state index >= 15 is 0 Å². The minimum atomic E-state index is -0.997. The van der Waals surface area contributed by atoms with Gasteiger partial charge in [-0.3, -0.25) is 14.5 Å². The second-order valence-corrected chi connectivity index (χ2v) is 6.85. The molecule has 140 valence electrons. The number of methoxy groups -OCH3 is 1. The van der Waals surface area contributed by atoms with Crippen LogP contribution in [-0.2, 0) is 19.9 Å². The number of hydrogen-bond donors (Lipinski definition) is 1. The highest BCUT2D eigenvalue weighted by Crippen LogP contribution is 2.32. The zero-order chi connectivity index (χ0) is 18.7. The molecule has 0 radical (unpaired) electrons. The Bertz CT molecular complexity index is 685. The average Bonchev–Trinajstić information content (AvgIpc) is 2.93. The SMILES string of the molecule is CC[C@]1(c2ccccc2)NC(=O)N(CN2CCC(C(=O)OC)CC2)C1=O. The fraction of sp³-hybridized carbons (Fsp3) is 0.526. The Kier molecular flexibility index (Phi) is 5.27. The van der Waals surface area contributed by atoms with Crippen LogP contribution in [0.1, 0.15) is 31.7 Å². The van der Waals surface area contributed by atoms with Gasteiger partial charge in [0.2, 0.25) is 0 Å². The van der Waals surface area contributed by atoms with Crippen molar-refractivity contribution in [3.8, 4) is 0 Å². The van der Waals surface area contributed by atoms with Gasteiger partial charge < -0.3 is 10.1 Å². The van der Waals surface area contributed by atoms with Crippen LogP contribution in [0, 0.1) is 5.92 Å². The molecule has 1 aromatic carbocycles. The summed E-state index contributed by atoms with van der Waals surface area (Å²) in [7, 11) is 1.40. The maximum atomic E-state index is 13.1. The van der Waals surface area contributed by atoms with Gasteiger partial charge in [-0.05, 0) is 24.8 Å².